The molecule has 1 aromatic heterocycles. The predicted molar refractivity (Wildman–Crippen MR) is 82.5 cm³/mol. The molecule has 0 fully saturated rings. The highest BCUT2D eigenvalue weighted by Crippen LogP contribution is 2.20. The first-order valence-corrected chi connectivity index (χ1v) is 7.33. The van der Waals surface area contributed by atoms with Gasteiger partial charge in [-0.1, -0.05) is 34.1 Å². The molecule has 0 saturated carbocycles. The third kappa shape index (κ3) is 3.14. The average Bonchev–Trinajstić information content (AvgIpc) is 2.48. The van der Waals surface area contributed by atoms with E-state index in [9.17, 15) is 4.79 Å². The fourth-order valence-electron chi connectivity index (χ4n) is 1.76. The number of benzene rings is 1. The van der Waals surface area contributed by atoms with E-state index in [0.717, 1.165) is 16.5 Å². The SMILES string of the molecule is CCNC(=O)c1nc(-c2cccc(CBr)c2)cnc1N. The van der Waals surface area contributed by atoms with Crippen LogP contribution in [0.3, 0.4) is 0 Å². The van der Waals surface area contributed by atoms with Gasteiger partial charge in [0.05, 0.1) is 11.9 Å². The zero-order valence-corrected chi connectivity index (χ0v) is 12.6. The molecule has 1 amide bonds. The molecule has 0 unspecified atom stereocenters. The number of nitrogens with one attached hydrogen (secondary N) is 1. The van der Waals surface area contributed by atoms with Gasteiger partial charge in [0.25, 0.3) is 5.91 Å². The van der Waals surface area contributed by atoms with Gasteiger partial charge >= 0.3 is 0 Å². The lowest BCUT2D eigenvalue weighted by molar-refractivity contribution is 0.0951. The Bertz CT molecular complexity index is 630. The van der Waals surface area contributed by atoms with E-state index in [1.165, 1.54) is 0 Å². The molecule has 0 atom stereocenters. The van der Waals surface area contributed by atoms with E-state index < -0.39 is 0 Å². The second kappa shape index (κ2) is 6.47. The van der Waals surface area contributed by atoms with Crippen LogP contribution in [0, 0.1) is 0 Å². The lowest BCUT2D eigenvalue weighted by atomic mass is 10.1. The highest BCUT2D eigenvalue weighted by Gasteiger charge is 2.13. The van der Waals surface area contributed by atoms with Crippen LogP contribution in [0.15, 0.2) is 30.5 Å². The molecule has 104 valence electrons. The van der Waals surface area contributed by atoms with Crippen LogP contribution in [0.25, 0.3) is 11.3 Å². The summed E-state index contributed by atoms with van der Waals surface area (Å²) in [4.78, 5) is 20.2. The smallest absolute Gasteiger partial charge is 0.273 e. The topological polar surface area (TPSA) is 80.9 Å². The summed E-state index contributed by atoms with van der Waals surface area (Å²) >= 11 is 3.41. The van der Waals surface area contributed by atoms with E-state index in [1.807, 2.05) is 31.2 Å². The number of amides is 1. The van der Waals surface area contributed by atoms with E-state index >= 15 is 0 Å². The molecule has 0 radical (unpaired) electrons. The van der Waals surface area contributed by atoms with E-state index in [4.69, 9.17) is 5.73 Å². The van der Waals surface area contributed by atoms with E-state index in [1.54, 1.807) is 6.20 Å². The number of alkyl halides is 1. The minimum absolute atomic E-state index is 0.136. The van der Waals surface area contributed by atoms with Crippen molar-refractivity contribution in [2.45, 2.75) is 12.3 Å². The minimum atomic E-state index is -0.309. The number of nitrogen functional groups attached to an aromatic ring is 1. The van der Waals surface area contributed by atoms with Crippen molar-refractivity contribution in [3.05, 3.63) is 41.7 Å². The van der Waals surface area contributed by atoms with Gasteiger partial charge < -0.3 is 11.1 Å². The Hall–Kier alpha value is -1.95. The number of hydrogen-bond acceptors (Lipinski definition) is 4. The van der Waals surface area contributed by atoms with Gasteiger partial charge in [-0.3, -0.25) is 4.79 Å². The zero-order chi connectivity index (χ0) is 14.5. The van der Waals surface area contributed by atoms with Gasteiger partial charge in [0.2, 0.25) is 0 Å². The van der Waals surface area contributed by atoms with Gasteiger partial charge in [-0.2, -0.15) is 0 Å². The van der Waals surface area contributed by atoms with Crippen molar-refractivity contribution in [1.29, 1.82) is 0 Å². The second-order valence-electron chi connectivity index (χ2n) is 4.18. The zero-order valence-electron chi connectivity index (χ0n) is 11.1. The van der Waals surface area contributed by atoms with Crippen LogP contribution in [0.4, 0.5) is 5.82 Å². The van der Waals surface area contributed by atoms with Crippen molar-refractivity contribution in [2.24, 2.45) is 0 Å². The normalized spacial score (nSPS) is 10.3. The maximum Gasteiger partial charge on any atom is 0.273 e. The molecule has 1 heterocycles. The quantitative estimate of drug-likeness (QED) is 0.841. The molecule has 0 aliphatic rings. The monoisotopic (exact) mass is 334 g/mol. The molecule has 6 heteroatoms. The van der Waals surface area contributed by atoms with Gasteiger partial charge in [0, 0.05) is 17.4 Å². The standard InChI is InChI=1S/C14H15BrN4O/c1-2-17-14(20)12-13(16)18-8-11(19-12)10-5-3-4-9(6-10)7-15/h3-6,8H,2,7H2,1H3,(H2,16,18)(H,17,20). The molecule has 20 heavy (non-hydrogen) atoms. The Morgan fingerprint density at radius 3 is 2.95 bits per heavy atom. The van der Waals surface area contributed by atoms with E-state index in [2.05, 4.69) is 31.2 Å². The largest absolute Gasteiger partial charge is 0.382 e. The highest BCUT2D eigenvalue weighted by atomic mass is 79.9. The van der Waals surface area contributed by atoms with Crippen molar-refractivity contribution < 1.29 is 4.79 Å². The Morgan fingerprint density at radius 2 is 2.25 bits per heavy atom. The molecule has 0 bridgehead atoms. The van der Waals surface area contributed by atoms with Crippen LogP contribution in [0.5, 0.6) is 0 Å². The maximum absolute atomic E-state index is 11.9. The van der Waals surface area contributed by atoms with Crippen molar-refractivity contribution in [3.63, 3.8) is 0 Å². The fraction of sp³-hybridized carbons (Fsp3) is 0.214. The Balaban J connectivity index is 2.42. The molecular weight excluding hydrogens is 320 g/mol. The Labute approximate surface area is 125 Å². The summed E-state index contributed by atoms with van der Waals surface area (Å²) in [6, 6.07) is 7.87. The number of rotatable bonds is 4. The number of nitrogens with zero attached hydrogens (tertiary/aromatic N) is 2. The van der Waals surface area contributed by atoms with Crippen molar-refractivity contribution >= 4 is 27.7 Å². The van der Waals surface area contributed by atoms with Crippen LogP contribution in [0.1, 0.15) is 23.0 Å². The van der Waals surface area contributed by atoms with Crippen molar-refractivity contribution in [2.75, 3.05) is 12.3 Å². The molecule has 2 aromatic rings. The summed E-state index contributed by atoms with van der Waals surface area (Å²) in [5, 5.41) is 3.43. The molecular formula is C14H15BrN4O. The number of aromatic nitrogens is 2. The molecule has 2 rings (SSSR count). The lowest BCUT2D eigenvalue weighted by Crippen LogP contribution is -2.25. The van der Waals surface area contributed by atoms with E-state index in [0.29, 0.717) is 12.2 Å². The van der Waals surface area contributed by atoms with Crippen LogP contribution >= 0.6 is 15.9 Å². The molecule has 0 spiro atoms. The molecule has 0 aliphatic heterocycles. The minimum Gasteiger partial charge on any atom is -0.382 e. The average molecular weight is 335 g/mol. The Kier molecular flexibility index (Phi) is 4.68. The van der Waals surface area contributed by atoms with Crippen molar-refractivity contribution in [3.8, 4) is 11.3 Å². The number of nitrogens with two attached hydrogens (primary N) is 1. The molecule has 3 N–H and O–H groups in total. The number of carbonyl (C=O) groups excluding carboxylic acids is 1. The Morgan fingerprint density at radius 1 is 1.45 bits per heavy atom. The van der Waals surface area contributed by atoms with Gasteiger partial charge in [0.1, 0.15) is 0 Å². The summed E-state index contributed by atoms with van der Waals surface area (Å²) in [6.07, 6.45) is 1.57. The fourth-order valence-corrected chi connectivity index (χ4v) is 2.11. The first-order valence-electron chi connectivity index (χ1n) is 6.21. The third-order valence-corrected chi connectivity index (χ3v) is 3.38. The van der Waals surface area contributed by atoms with Gasteiger partial charge in [-0.05, 0) is 18.6 Å². The number of anilines is 1. The van der Waals surface area contributed by atoms with Crippen molar-refractivity contribution in [1.82, 2.24) is 15.3 Å². The summed E-state index contributed by atoms with van der Waals surface area (Å²) < 4.78 is 0. The summed E-state index contributed by atoms with van der Waals surface area (Å²) in [5.41, 5.74) is 8.53. The van der Waals surface area contributed by atoms with Gasteiger partial charge in [-0.15, -0.1) is 0 Å². The first kappa shape index (κ1) is 14.5. The number of carbonyl (C=O) groups is 1. The summed E-state index contributed by atoms with van der Waals surface area (Å²) in [6.45, 7) is 2.36. The maximum atomic E-state index is 11.9. The highest BCUT2D eigenvalue weighted by molar-refractivity contribution is 9.08. The molecule has 1 aromatic carbocycles. The molecule has 5 nitrogen and oxygen atoms in total. The summed E-state index contributed by atoms with van der Waals surface area (Å²) in [5.74, 6) is -0.174. The number of halogens is 1. The number of hydrogen-bond donors (Lipinski definition) is 2. The van der Waals surface area contributed by atoms with Gasteiger partial charge in [-0.25, -0.2) is 9.97 Å². The van der Waals surface area contributed by atoms with Crippen LogP contribution in [0.2, 0.25) is 0 Å². The second-order valence-corrected chi connectivity index (χ2v) is 4.74. The van der Waals surface area contributed by atoms with Crippen LogP contribution < -0.4 is 11.1 Å². The first-order chi connectivity index (χ1) is 9.65. The van der Waals surface area contributed by atoms with Gasteiger partial charge in [0.15, 0.2) is 11.5 Å². The van der Waals surface area contributed by atoms with E-state index in [-0.39, 0.29) is 17.4 Å². The molecule has 0 saturated heterocycles. The summed E-state index contributed by atoms with van der Waals surface area (Å²) in [7, 11) is 0. The van der Waals surface area contributed by atoms with Crippen LogP contribution in [-0.2, 0) is 5.33 Å². The predicted octanol–water partition coefficient (Wildman–Crippen LogP) is 2.37. The van der Waals surface area contributed by atoms with Crippen LogP contribution in [-0.4, -0.2) is 22.4 Å². The lowest BCUT2D eigenvalue weighted by Gasteiger charge is -2.07. The molecule has 0 aliphatic carbocycles. The third-order valence-electron chi connectivity index (χ3n) is 2.73.